The number of para-hydroxylation sites is 1. The number of hydrogen-bond acceptors (Lipinski definition) is 3. The number of furan rings is 1. The first-order chi connectivity index (χ1) is 9.16. The molecule has 1 aliphatic rings. The van der Waals surface area contributed by atoms with Crippen molar-refractivity contribution in [1.82, 2.24) is 4.90 Å². The molecule has 1 saturated carbocycles. The first-order valence-corrected chi connectivity index (χ1v) is 6.61. The lowest BCUT2D eigenvalue weighted by Crippen LogP contribution is -2.36. The molecule has 0 saturated heterocycles. The largest absolute Gasteiger partial charge is 0.475 e. The predicted octanol–water partition coefficient (Wildman–Crippen LogP) is 3.12. The van der Waals surface area contributed by atoms with Gasteiger partial charge in [0, 0.05) is 23.5 Å². The van der Waals surface area contributed by atoms with E-state index < -0.39 is 5.97 Å². The van der Waals surface area contributed by atoms with Crippen molar-refractivity contribution in [1.29, 1.82) is 0 Å². The normalized spacial score (nSPS) is 15.9. The summed E-state index contributed by atoms with van der Waals surface area (Å²) in [6, 6.07) is 8.09. The van der Waals surface area contributed by atoms with Crippen LogP contribution in [-0.4, -0.2) is 29.1 Å². The van der Waals surface area contributed by atoms with E-state index >= 15 is 0 Å². The first-order valence-electron chi connectivity index (χ1n) is 6.61. The smallest absolute Gasteiger partial charge is 0.372 e. The maximum absolute atomic E-state index is 11.3. The molecule has 3 rings (SSSR count). The standard InChI is InChI=1S/C15H17NO3/c1-16(10-5-4-6-10)9-12-11-7-2-3-8-13(11)19-14(12)15(17)18/h2-3,7-8,10H,4-6,9H2,1H3,(H,17,18). The molecule has 1 heterocycles. The zero-order valence-electron chi connectivity index (χ0n) is 10.9. The molecule has 1 aromatic carbocycles. The van der Waals surface area contributed by atoms with Crippen LogP contribution in [0.3, 0.4) is 0 Å². The summed E-state index contributed by atoms with van der Waals surface area (Å²) in [6.45, 7) is 0.628. The molecular weight excluding hydrogens is 242 g/mol. The fraction of sp³-hybridized carbons (Fsp3) is 0.400. The summed E-state index contributed by atoms with van der Waals surface area (Å²) in [5.41, 5.74) is 1.44. The molecule has 19 heavy (non-hydrogen) atoms. The molecule has 0 unspecified atom stereocenters. The van der Waals surface area contributed by atoms with Gasteiger partial charge in [0.2, 0.25) is 5.76 Å². The summed E-state index contributed by atoms with van der Waals surface area (Å²) in [5, 5.41) is 10.2. The summed E-state index contributed by atoms with van der Waals surface area (Å²) in [7, 11) is 2.05. The van der Waals surface area contributed by atoms with Crippen molar-refractivity contribution < 1.29 is 14.3 Å². The van der Waals surface area contributed by atoms with Crippen molar-refractivity contribution in [2.75, 3.05) is 7.05 Å². The molecule has 0 amide bonds. The summed E-state index contributed by atoms with van der Waals surface area (Å²) in [4.78, 5) is 13.5. The molecule has 1 N–H and O–H groups in total. The minimum Gasteiger partial charge on any atom is -0.475 e. The van der Waals surface area contributed by atoms with Crippen LogP contribution in [0.15, 0.2) is 28.7 Å². The van der Waals surface area contributed by atoms with E-state index in [-0.39, 0.29) is 5.76 Å². The molecule has 0 bridgehead atoms. The van der Waals surface area contributed by atoms with Gasteiger partial charge in [-0.05, 0) is 26.0 Å². The number of carbonyl (C=O) groups is 1. The van der Waals surface area contributed by atoms with Gasteiger partial charge in [-0.15, -0.1) is 0 Å². The number of hydrogen-bond donors (Lipinski definition) is 1. The molecule has 100 valence electrons. The van der Waals surface area contributed by atoms with Gasteiger partial charge in [0.15, 0.2) is 0 Å². The van der Waals surface area contributed by atoms with E-state index in [9.17, 15) is 9.90 Å². The second-order valence-electron chi connectivity index (χ2n) is 5.21. The van der Waals surface area contributed by atoms with Crippen molar-refractivity contribution in [3.05, 3.63) is 35.6 Å². The summed E-state index contributed by atoms with van der Waals surface area (Å²) >= 11 is 0. The highest BCUT2D eigenvalue weighted by Gasteiger charge is 2.26. The Morgan fingerprint density at radius 2 is 2.16 bits per heavy atom. The molecule has 2 aromatic rings. The van der Waals surface area contributed by atoms with E-state index in [2.05, 4.69) is 11.9 Å². The molecule has 0 radical (unpaired) electrons. The van der Waals surface area contributed by atoms with Crippen LogP contribution in [0.1, 0.15) is 35.4 Å². The van der Waals surface area contributed by atoms with Gasteiger partial charge in [0.1, 0.15) is 5.58 Å². The second-order valence-corrected chi connectivity index (χ2v) is 5.21. The minimum absolute atomic E-state index is 0.0763. The Bertz CT molecular complexity index is 613. The Kier molecular flexibility index (Phi) is 3.03. The van der Waals surface area contributed by atoms with Gasteiger partial charge in [0.25, 0.3) is 0 Å². The maximum atomic E-state index is 11.3. The maximum Gasteiger partial charge on any atom is 0.372 e. The van der Waals surface area contributed by atoms with Crippen LogP contribution >= 0.6 is 0 Å². The monoisotopic (exact) mass is 259 g/mol. The lowest BCUT2D eigenvalue weighted by molar-refractivity contribution is 0.0660. The Balaban J connectivity index is 1.99. The third kappa shape index (κ3) is 2.12. The number of benzene rings is 1. The number of aromatic carboxylic acids is 1. The average molecular weight is 259 g/mol. The van der Waals surface area contributed by atoms with E-state index in [0.29, 0.717) is 18.2 Å². The van der Waals surface area contributed by atoms with Gasteiger partial charge in [-0.3, -0.25) is 4.90 Å². The highest BCUT2D eigenvalue weighted by atomic mass is 16.4. The lowest BCUT2D eigenvalue weighted by atomic mass is 9.91. The molecular formula is C15H17NO3. The highest BCUT2D eigenvalue weighted by molar-refractivity contribution is 5.95. The van der Waals surface area contributed by atoms with Gasteiger partial charge in [-0.2, -0.15) is 0 Å². The van der Waals surface area contributed by atoms with E-state index in [1.165, 1.54) is 19.3 Å². The van der Waals surface area contributed by atoms with Gasteiger partial charge >= 0.3 is 5.97 Å². The summed E-state index contributed by atoms with van der Waals surface area (Å²) < 4.78 is 5.47. The third-order valence-corrected chi connectivity index (χ3v) is 4.00. The van der Waals surface area contributed by atoms with Gasteiger partial charge < -0.3 is 9.52 Å². The van der Waals surface area contributed by atoms with Crippen LogP contribution in [0.4, 0.5) is 0 Å². The lowest BCUT2D eigenvalue weighted by Gasteiger charge is -2.34. The molecule has 1 fully saturated rings. The third-order valence-electron chi connectivity index (χ3n) is 4.00. The molecule has 1 aliphatic carbocycles. The van der Waals surface area contributed by atoms with E-state index in [1.807, 2.05) is 24.3 Å². The number of nitrogens with zero attached hydrogens (tertiary/aromatic N) is 1. The predicted molar refractivity (Wildman–Crippen MR) is 72.3 cm³/mol. The van der Waals surface area contributed by atoms with Gasteiger partial charge in [-0.1, -0.05) is 24.6 Å². The second kappa shape index (κ2) is 4.70. The van der Waals surface area contributed by atoms with Crippen molar-refractivity contribution in [2.45, 2.75) is 31.8 Å². The van der Waals surface area contributed by atoms with Crippen LogP contribution in [-0.2, 0) is 6.54 Å². The Morgan fingerprint density at radius 1 is 1.42 bits per heavy atom. The minimum atomic E-state index is -0.992. The van der Waals surface area contributed by atoms with Crippen molar-refractivity contribution in [2.24, 2.45) is 0 Å². The summed E-state index contributed by atoms with van der Waals surface area (Å²) in [6.07, 6.45) is 3.68. The Morgan fingerprint density at radius 3 is 2.79 bits per heavy atom. The van der Waals surface area contributed by atoms with Crippen molar-refractivity contribution in [3.8, 4) is 0 Å². The number of carboxylic acid groups (broad SMARTS) is 1. The fourth-order valence-electron chi connectivity index (χ4n) is 2.63. The Labute approximate surface area is 111 Å². The molecule has 0 spiro atoms. The van der Waals surface area contributed by atoms with Crippen LogP contribution in [0.5, 0.6) is 0 Å². The quantitative estimate of drug-likeness (QED) is 0.916. The zero-order chi connectivity index (χ0) is 13.4. The molecule has 4 heteroatoms. The molecule has 1 aromatic heterocycles. The number of fused-ring (bicyclic) bond motifs is 1. The Hall–Kier alpha value is -1.81. The van der Waals surface area contributed by atoms with Gasteiger partial charge in [0.05, 0.1) is 0 Å². The molecule has 0 aliphatic heterocycles. The topological polar surface area (TPSA) is 53.7 Å². The zero-order valence-corrected chi connectivity index (χ0v) is 10.9. The SMILES string of the molecule is CN(Cc1c(C(=O)O)oc2ccccc12)C1CCC1. The van der Waals surface area contributed by atoms with Crippen LogP contribution in [0.2, 0.25) is 0 Å². The van der Waals surface area contributed by atoms with Crippen LogP contribution in [0.25, 0.3) is 11.0 Å². The number of rotatable bonds is 4. The molecule has 0 atom stereocenters. The molecule has 4 nitrogen and oxygen atoms in total. The average Bonchev–Trinajstić information content (AvgIpc) is 2.66. The summed E-state index contributed by atoms with van der Waals surface area (Å²) in [5.74, 6) is -0.916. The number of carboxylic acids is 1. The van der Waals surface area contributed by atoms with E-state index in [0.717, 1.165) is 10.9 Å². The first kappa shape index (κ1) is 12.2. The van der Waals surface area contributed by atoms with Gasteiger partial charge in [-0.25, -0.2) is 4.79 Å². The fourth-order valence-corrected chi connectivity index (χ4v) is 2.63. The highest BCUT2D eigenvalue weighted by Crippen LogP contribution is 2.30. The van der Waals surface area contributed by atoms with Crippen molar-refractivity contribution in [3.63, 3.8) is 0 Å². The van der Waals surface area contributed by atoms with Crippen LogP contribution in [0, 0.1) is 0 Å². The van der Waals surface area contributed by atoms with E-state index in [4.69, 9.17) is 4.42 Å². The van der Waals surface area contributed by atoms with Crippen molar-refractivity contribution >= 4 is 16.9 Å². The van der Waals surface area contributed by atoms with E-state index in [1.54, 1.807) is 0 Å². The van der Waals surface area contributed by atoms with Crippen LogP contribution < -0.4 is 0 Å².